The van der Waals surface area contributed by atoms with Crippen LogP contribution in [0.25, 0.3) is 11.1 Å². The van der Waals surface area contributed by atoms with Crippen molar-refractivity contribution in [3.8, 4) is 11.1 Å². The summed E-state index contributed by atoms with van der Waals surface area (Å²) < 4.78 is 27.3. The van der Waals surface area contributed by atoms with Gasteiger partial charge in [-0.05, 0) is 67.8 Å². The third kappa shape index (κ3) is 6.37. The van der Waals surface area contributed by atoms with Gasteiger partial charge in [0.2, 0.25) is 10.0 Å². The Hall–Kier alpha value is -2.36. The summed E-state index contributed by atoms with van der Waals surface area (Å²) in [4.78, 5) is 14.2. The van der Waals surface area contributed by atoms with Crippen LogP contribution in [-0.2, 0) is 14.8 Å². The quantitative estimate of drug-likeness (QED) is 0.562. The van der Waals surface area contributed by atoms with E-state index in [2.05, 4.69) is 55.8 Å². The van der Waals surface area contributed by atoms with Crippen LogP contribution >= 0.6 is 0 Å². The lowest BCUT2D eigenvalue weighted by Crippen LogP contribution is -2.35. The summed E-state index contributed by atoms with van der Waals surface area (Å²) in [7, 11) is -3.57. The largest absolute Gasteiger partial charge is 0.320 e. The van der Waals surface area contributed by atoms with Gasteiger partial charge in [0.05, 0.1) is 4.90 Å². The third-order valence-corrected chi connectivity index (χ3v) is 8.08. The summed E-state index contributed by atoms with van der Waals surface area (Å²) in [6, 6.07) is 15.9. The van der Waals surface area contributed by atoms with Gasteiger partial charge in [-0.3, -0.25) is 9.69 Å². The van der Waals surface area contributed by atoms with E-state index in [9.17, 15) is 13.2 Å². The Morgan fingerprint density at radius 1 is 1.03 bits per heavy atom. The number of Topliss-reactive ketones (excluding diaryl/α,β-unsaturated/α-hetero) is 1. The lowest BCUT2D eigenvalue weighted by molar-refractivity contribution is -0.113. The van der Waals surface area contributed by atoms with Gasteiger partial charge < -0.3 is 5.21 Å². The second kappa shape index (κ2) is 12.2. The molecule has 2 aromatic carbocycles. The second-order valence-electron chi connectivity index (χ2n) is 7.94. The summed E-state index contributed by atoms with van der Waals surface area (Å²) >= 11 is 0. The fourth-order valence-corrected chi connectivity index (χ4v) is 5.47. The highest BCUT2D eigenvalue weighted by Crippen LogP contribution is 2.27. The molecule has 0 amide bonds. The van der Waals surface area contributed by atoms with E-state index in [0.29, 0.717) is 24.6 Å². The van der Waals surface area contributed by atoms with Gasteiger partial charge >= 0.3 is 0 Å². The molecule has 1 aliphatic rings. The van der Waals surface area contributed by atoms with E-state index < -0.39 is 10.0 Å². The van der Waals surface area contributed by atoms with Gasteiger partial charge in [-0.15, -0.1) is 0 Å². The first kappa shape index (κ1) is 26.9. The number of ketones is 1. The molecule has 180 valence electrons. The average molecular weight is 474 g/mol. The van der Waals surface area contributed by atoms with Crippen LogP contribution in [0.2, 0.25) is 0 Å². The first-order chi connectivity index (χ1) is 15.8. The molecule has 3 N–H and O–H groups in total. The number of hydrogen-bond acceptors (Lipinski definition) is 6. The Morgan fingerprint density at radius 3 is 1.97 bits per heavy atom. The molecule has 0 fully saturated rings. The second-order valence-corrected chi connectivity index (χ2v) is 9.88. The molecule has 1 atom stereocenters. The standard InChI is InChI=1S/C25H32N2O3S.H3NO/c1-5-26(6-2)19(3)21-7-9-23(10-8-21)24-11-13-25(14-12-24)31(29,30)27-17-15-22(16-18-27)20(4)28;1-2/h7-15,19H,5-6,16-18H2,1-4H3;2H,1H2. The van der Waals surface area contributed by atoms with E-state index in [0.717, 1.165) is 24.2 Å². The highest BCUT2D eigenvalue weighted by atomic mass is 32.2. The van der Waals surface area contributed by atoms with E-state index in [4.69, 9.17) is 5.21 Å². The molecular weight excluding hydrogens is 438 g/mol. The third-order valence-electron chi connectivity index (χ3n) is 6.20. The Labute approximate surface area is 197 Å². The van der Waals surface area contributed by atoms with Gasteiger partial charge in [-0.2, -0.15) is 4.31 Å². The summed E-state index contributed by atoms with van der Waals surface area (Å²) in [6.45, 7) is 10.7. The van der Waals surface area contributed by atoms with Gasteiger partial charge in [0.25, 0.3) is 0 Å². The van der Waals surface area contributed by atoms with Crippen LogP contribution in [0, 0.1) is 0 Å². The van der Waals surface area contributed by atoms with E-state index in [-0.39, 0.29) is 17.2 Å². The van der Waals surface area contributed by atoms with E-state index in [1.807, 2.05) is 12.1 Å². The van der Waals surface area contributed by atoms with Gasteiger partial charge in [-0.1, -0.05) is 56.3 Å². The molecule has 0 saturated carbocycles. The highest BCUT2D eigenvalue weighted by Gasteiger charge is 2.26. The van der Waals surface area contributed by atoms with Crippen LogP contribution in [0.15, 0.2) is 65.1 Å². The van der Waals surface area contributed by atoms with E-state index in [1.165, 1.54) is 16.8 Å². The topological polar surface area (TPSA) is 104 Å². The molecule has 0 spiro atoms. The lowest BCUT2D eigenvalue weighted by Gasteiger charge is -2.26. The Morgan fingerprint density at radius 2 is 1.55 bits per heavy atom. The van der Waals surface area contributed by atoms with Crippen LogP contribution in [0.4, 0.5) is 0 Å². The van der Waals surface area contributed by atoms with Crippen molar-refractivity contribution in [2.24, 2.45) is 5.90 Å². The van der Waals surface area contributed by atoms with Crippen LogP contribution in [0.5, 0.6) is 0 Å². The van der Waals surface area contributed by atoms with Crippen LogP contribution in [-0.4, -0.2) is 54.8 Å². The summed E-state index contributed by atoms with van der Waals surface area (Å²) in [6.07, 6.45) is 2.18. The molecule has 0 bridgehead atoms. The molecule has 1 aliphatic heterocycles. The maximum absolute atomic E-state index is 13.0. The van der Waals surface area contributed by atoms with Gasteiger partial charge in [-0.25, -0.2) is 14.3 Å². The Bertz CT molecular complexity index is 1040. The maximum Gasteiger partial charge on any atom is 0.243 e. The van der Waals surface area contributed by atoms with Crippen molar-refractivity contribution in [3.05, 3.63) is 65.7 Å². The minimum Gasteiger partial charge on any atom is -0.320 e. The smallest absolute Gasteiger partial charge is 0.243 e. The molecule has 0 aliphatic carbocycles. The SMILES string of the molecule is CCN(CC)C(C)c1ccc(-c2ccc(S(=O)(=O)N3CC=C(C(C)=O)CC3)cc2)cc1.NO. The monoisotopic (exact) mass is 473 g/mol. The number of sulfonamides is 1. The number of carbonyl (C=O) groups is 1. The van der Waals surface area contributed by atoms with Crippen molar-refractivity contribution >= 4 is 15.8 Å². The molecule has 0 aromatic heterocycles. The van der Waals surface area contributed by atoms with Crippen molar-refractivity contribution < 1.29 is 18.4 Å². The molecule has 3 rings (SSSR count). The number of nitrogens with two attached hydrogens (primary N) is 1. The molecule has 33 heavy (non-hydrogen) atoms. The summed E-state index contributed by atoms with van der Waals surface area (Å²) in [5, 5.41) is 6.50. The molecule has 1 heterocycles. The number of nitrogens with zero attached hydrogens (tertiary/aromatic N) is 2. The molecule has 0 saturated heterocycles. The maximum atomic E-state index is 13.0. The zero-order valence-electron chi connectivity index (χ0n) is 19.9. The number of carbonyl (C=O) groups excluding carboxylic acids is 1. The van der Waals surface area contributed by atoms with Crippen molar-refractivity contribution in [3.63, 3.8) is 0 Å². The molecule has 8 heteroatoms. The van der Waals surface area contributed by atoms with Crippen LogP contribution < -0.4 is 5.90 Å². The zero-order valence-corrected chi connectivity index (χ0v) is 20.7. The van der Waals surface area contributed by atoms with Gasteiger partial charge in [0.15, 0.2) is 5.78 Å². The summed E-state index contributed by atoms with van der Waals surface area (Å²) in [5.74, 6) is 3.51. The average Bonchev–Trinajstić information content (AvgIpc) is 2.86. The fraction of sp³-hybridized carbons (Fsp3) is 0.400. The number of rotatable bonds is 8. The number of hydrogen-bond donors (Lipinski definition) is 2. The predicted molar refractivity (Wildman–Crippen MR) is 131 cm³/mol. The minimum absolute atomic E-state index is 0.0129. The van der Waals surface area contributed by atoms with Crippen molar-refractivity contribution in [1.29, 1.82) is 0 Å². The first-order valence-electron chi connectivity index (χ1n) is 11.2. The van der Waals surface area contributed by atoms with E-state index >= 15 is 0 Å². The van der Waals surface area contributed by atoms with Crippen LogP contribution in [0.1, 0.15) is 45.7 Å². The molecule has 7 nitrogen and oxygen atoms in total. The zero-order chi connectivity index (χ0) is 24.6. The van der Waals surface area contributed by atoms with Crippen molar-refractivity contribution in [1.82, 2.24) is 9.21 Å². The minimum atomic E-state index is -3.57. The van der Waals surface area contributed by atoms with Crippen molar-refractivity contribution in [2.75, 3.05) is 26.2 Å². The Balaban J connectivity index is 0.00000187. The van der Waals surface area contributed by atoms with Gasteiger partial charge in [0, 0.05) is 19.1 Å². The Kier molecular flexibility index (Phi) is 9.94. The van der Waals surface area contributed by atoms with E-state index in [1.54, 1.807) is 18.2 Å². The molecular formula is C25H35N3O4S. The molecule has 1 unspecified atom stereocenters. The van der Waals surface area contributed by atoms with Gasteiger partial charge in [0.1, 0.15) is 0 Å². The number of benzene rings is 2. The van der Waals surface area contributed by atoms with Crippen molar-refractivity contribution in [2.45, 2.75) is 45.1 Å². The highest BCUT2D eigenvalue weighted by molar-refractivity contribution is 7.89. The van der Waals surface area contributed by atoms with Crippen LogP contribution in [0.3, 0.4) is 0 Å². The molecule has 2 aromatic rings. The predicted octanol–water partition coefficient (Wildman–Crippen LogP) is 4.00. The summed E-state index contributed by atoms with van der Waals surface area (Å²) in [5.41, 5.74) is 4.03. The fourth-order valence-electron chi connectivity index (χ4n) is 4.09. The molecule has 0 radical (unpaired) electrons. The lowest BCUT2D eigenvalue weighted by atomic mass is 10.0. The first-order valence-corrected chi connectivity index (χ1v) is 12.6. The normalized spacial score (nSPS) is 15.4.